The van der Waals surface area contributed by atoms with Gasteiger partial charge in [0, 0.05) is 22.7 Å². The zero-order valence-corrected chi connectivity index (χ0v) is 21.3. The molecular weight excluding hydrogens is 458 g/mol. The van der Waals surface area contributed by atoms with Crippen molar-refractivity contribution in [1.29, 1.82) is 0 Å². The molecule has 0 aliphatic carbocycles. The van der Waals surface area contributed by atoms with Crippen molar-refractivity contribution < 1.29 is 29.0 Å². The second-order valence-corrected chi connectivity index (χ2v) is 8.45. The van der Waals surface area contributed by atoms with Crippen LogP contribution in [0.5, 0.6) is 5.75 Å². The maximum absolute atomic E-state index is 13.5. The molecule has 0 bridgehead atoms. The van der Waals surface area contributed by atoms with E-state index < -0.39 is 6.23 Å². The zero-order valence-electron chi connectivity index (χ0n) is 21.3. The number of hydrogen-bond acceptors (Lipinski definition) is 5. The number of aliphatic hydroxyl groups is 1. The molecule has 3 aromatic rings. The number of carbonyl (C=O) groups excluding carboxylic acids is 1. The lowest BCUT2D eigenvalue weighted by molar-refractivity contribution is -0.122. The minimum Gasteiger partial charge on any atom is -0.493 e. The van der Waals surface area contributed by atoms with Crippen molar-refractivity contribution in [1.82, 2.24) is 4.90 Å². The lowest BCUT2D eigenvalue weighted by Crippen LogP contribution is -2.41. The van der Waals surface area contributed by atoms with Crippen molar-refractivity contribution in [2.45, 2.75) is 65.1 Å². The van der Waals surface area contributed by atoms with Crippen LogP contribution >= 0.6 is 0 Å². The third kappa shape index (κ3) is 7.99. The second kappa shape index (κ2) is 15.4. The molecule has 2 N–H and O–H groups in total. The number of benzene rings is 2. The van der Waals surface area contributed by atoms with Crippen molar-refractivity contribution in [2.75, 3.05) is 6.61 Å². The average molecular weight is 496 g/mol. The highest BCUT2D eigenvalue weighted by Gasteiger charge is 2.30. The molecule has 2 unspecified atom stereocenters. The Bertz CT molecular complexity index is 1030. The van der Waals surface area contributed by atoms with Crippen LogP contribution in [-0.2, 0) is 4.79 Å². The largest absolute Gasteiger partial charge is 0.493 e. The minimum atomic E-state index is -1.11. The molecular formula is C29H37NO6. The van der Waals surface area contributed by atoms with Gasteiger partial charge in [-0.3, -0.25) is 9.59 Å². The van der Waals surface area contributed by atoms with E-state index >= 15 is 0 Å². The van der Waals surface area contributed by atoms with Crippen LogP contribution in [0.15, 0.2) is 71.3 Å². The summed E-state index contributed by atoms with van der Waals surface area (Å²) >= 11 is 0. The van der Waals surface area contributed by atoms with E-state index in [4.69, 9.17) is 19.1 Å². The Balaban J connectivity index is 0.00000145. The van der Waals surface area contributed by atoms with Gasteiger partial charge in [0.15, 0.2) is 6.23 Å². The molecule has 0 spiro atoms. The average Bonchev–Trinajstić information content (AvgIpc) is 3.44. The van der Waals surface area contributed by atoms with Crippen LogP contribution in [0.3, 0.4) is 0 Å². The number of carbonyl (C=O) groups is 2. The molecule has 0 aliphatic heterocycles. The normalized spacial score (nSPS) is 12.1. The van der Waals surface area contributed by atoms with Gasteiger partial charge in [-0.2, -0.15) is 0 Å². The Morgan fingerprint density at radius 2 is 1.72 bits per heavy atom. The number of para-hydroxylation sites is 1. The first-order chi connectivity index (χ1) is 17.5. The maximum Gasteiger partial charge on any atom is 0.290 e. The predicted octanol–water partition coefficient (Wildman–Crippen LogP) is 6.54. The summed E-state index contributed by atoms with van der Waals surface area (Å²) in [6, 6.07) is 18.3. The van der Waals surface area contributed by atoms with E-state index in [9.17, 15) is 9.90 Å². The van der Waals surface area contributed by atoms with Crippen LogP contribution in [0.4, 0.5) is 0 Å². The standard InChI is InChI=1S/C28H35NO4.CH2O2/c1-4-6-7-10-19-33-26-13-9-8-12-24(26)28(31)29(21(3)5-2)27(30)23-17-15-22(16-18-23)25-14-11-20-32-25;2-1-3/h8-9,11-18,20-21,28,31H,4-7,10,19H2,1-3H3;1H,(H,2,3). The van der Waals surface area contributed by atoms with Gasteiger partial charge in [-0.15, -0.1) is 0 Å². The van der Waals surface area contributed by atoms with Gasteiger partial charge in [0.05, 0.1) is 12.9 Å². The molecule has 7 nitrogen and oxygen atoms in total. The molecule has 0 saturated heterocycles. The summed E-state index contributed by atoms with van der Waals surface area (Å²) in [5, 5.41) is 18.2. The van der Waals surface area contributed by atoms with Crippen LogP contribution < -0.4 is 4.74 Å². The SMILES string of the molecule is CCCCCCOc1ccccc1C(O)N(C(=O)c1ccc(-c2ccco2)cc1)C(C)CC.O=CO. The van der Waals surface area contributed by atoms with Crippen molar-refractivity contribution in [3.8, 4) is 17.1 Å². The van der Waals surface area contributed by atoms with E-state index in [-0.39, 0.29) is 18.4 Å². The number of ether oxygens (including phenoxy) is 1. The molecule has 2 aromatic carbocycles. The fourth-order valence-electron chi connectivity index (χ4n) is 3.80. The van der Waals surface area contributed by atoms with E-state index in [0.717, 1.165) is 24.2 Å². The highest BCUT2D eigenvalue weighted by Crippen LogP contribution is 2.31. The highest BCUT2D eigenvalue weighted by molar-refractivity contribution is 5.95. The first kappa shape index (κ1) is 28.7. The molecule has 0 aliphatic rings. The van der Waals surface area contributed by atoms with Gasteiger partial charge in [-0.05, 0) is 50.1 Å². The Kier molecular flexibility index (Phi) is 12.3. The molecule has 0 saturated carbocycles. The van der Waals surface area contributed by atoms with E-state index in [1.165, 1.54) is 12.8 Å². The molecule has 2 atom stereocenters. The number of amides is 1. The minimum absolute atomic E-state index is 0.158. The fourth-order valence-corrected chi connectivity index (χ4v) is 3.80. The van der Waals surface area contributed by atoms with E-state index in [2.05, 4.69) is 6.92 Å². The van der Waals surface area contributed by atoms with Gasteiger partial charge in [0.1, 0.15) is 11.5 Å². The summed E-state index contributed by atoms with van der Waals surface area (Å²) in [5.41, 5.74) is 2.02. The molecule has 7 heteroatoms. The van der Waals surface area contributed by atoms with Crippen LogP contribution in [0.1, 0.15) is 75.0 Å². The van der Waals surface area contributed by atoms with E-state index in [1.807, 2.05) is 62.4 Å². The van der Waals surface area contributed by atoms with Crippen LogP contribution in [0, 0.1) is 0 Å². The molecule has 194 valence electrons. The summed E-state index contributed by atoms with van der Waals surface area (Å²) in [6.45, 7) is 6.48. The quantitative estimate of drug-likeness (QED) is 0.168. The van der Waals surface area contributed by atoms with Crippen LogP contribution in [0.2, 0.25) is 0 Å². The fraction of sp³-hybridized carbons (Fsp3) is 0.379. The number of carboxylic acid groups (broad SMARTS) is 1. The summed E-state index contributed by atoms with van der Waals surface area (Å²) in [7, 11) is 0. The van der Waals surface area contributed by atoms with Gasteiger partial charge in [-0.25, -0.2) is 0 Å². The number of rotatable bonds is 12. The van der Waals surface area contributed by atoms with Crippen molar-refractivity contribution in [3.05, 3.63) is 78.1 Å². The summed E-state index contributed by atoms with van der Waals surface area (Å²) in [4.78, 5) is 23.4. The number of furan rings is 1. The first-order valence-corrected chi connectivity index (χ1v) is 12.4. The van der Waals surface area contributed by atoms with E-state index in [0.29, 0.717) is 29.9 Å². The van der Waals surface area contributed by atoms with Gasteiger partial charge in [0.25, 0.3) is 12.4 Å². The Morgan fingerprint density at radius 3 is 2.33 bits per heavy atom. The number of hydrogen-bond donors (Lipinski definition) is 2. The van der Waals surface area contributed by atoms with Crippen molar-refractivity contribution in [3.63, 3.8) is 0 Å². The van der Waals surface area contributed by atoms with Crippen LogP contribution in [0.25, 0.3) is 11.3 Å². The Hall–Kier alpha value is -3.58. The van der Waals surface area contributed by atoms with Crippen molar-refractivity contribution >= 4 is 12.4 Å². The molecule has 36 heavy (non-hydrogen) atoms. The smallest absolute Gasteiger partial charge is 0.290 e. The predicted molar refractivity (Wildman–Crippen MR) is 140 cm³/mol. The monoisotopic (exact) mass is 495 g/mol. The Morgan fingerprint density at radius 1 is 1.03 bits per heavy atom. The maximum atomic E-state index is 13.5. The Labute approximate surface area is 213 Å². The third-order valence-electron chi connectivity index (χ3n) is 5.95. The zero-order chi connectivity index (χ0) is 26.3. The topological polar surface area (TPSA) is 100 Å². The van der Waals surface area contributed by atoms with Gasteiger partial charge in [-0.1, -0.05) is 63.4 Å². The van der Waals surface area contributed by atoms with Crippen LogP contribution in [-0.4, -0.2) is 40.1 Å². The lowest BCUT2D eigenvalue weighted by Gasteiger charge is -2.34. The van der Waals surface area contributed by atoms with Crippen molar-refractivity contribution in [2.24, 2.45) is 0 Å². The molecule has 0 radical (unpaired) electrons. The number of aliphatic hydroxyl groups excluding tert-OH is 1. The second-order valence-electron chi connectivity index (χ2n) is 8.45. The van der Waals surface area contributed by atoms with E-state index in [1.54, 1.807) is 23.3 Å². The molecule has 1 heterocycles. The number of nitrogens with zero attached hydrogens (tertiary/aromatic N) is 1. The molecule has 1 aromatic heterocycles. The highest BCUT2D eigenvalue weighted by atomic mass is 16.5. The summed E-state index contributed by atoms with van der Waals surface area (Å²) in [5.74, 6) is 1.15. The summed E-state index contributed by atoms with van der Waals surface area (Å²) in [6.07, 6.45) is 5.67. The summed E-state index contributed by atoms with van der Waals surface area (Å²) < 4.78 is 11.4. The lowest BCUT2D eigenvalue weighted by atomic mass is 10.0. The first-order valence-electron chi connectivity index (χ1n) is 12.4. The van der Waals surface area contributed by atoms with Gasteiger partial charge >= 0.3 is 0 Å². The third-order valence-corrected chi connectivity index (χ3v) is 5.95. The molecule has 1 amide bonds. The van der Waals surface area contributed by atoms with Gasteiger partial charge in [0.2, 0.25) is 0 Å². The molecule has 0 fully saturated rings. The van der Waals surface area contributed by atoms with Gasteiger partial charge < -0.3 is 24.3 Å². The number of unbranched alkanes of at least 4 members (excludes halogenated alkanes) is 3. The molecule has 3 rings (SSSR count).